The number of hydrogen-bond donors (Lipinski definition) is 2. The second-order valence-electron chi connectivity index (χ2n) is 8.10. The number of esters is 1. The quantitative estimate of drug-likeness (QED) is 0.433. The molecule has 1 aromatic carbocycles. The molecule has 174 valence electrons. The van der Waals surface area contributed by atoms with E-state index in [4.69, 9.17) is 4.74 Å². The van der Waals surface area contributed by atoms with Gasteiger partial charge in [0.1, 0.15) is 10.6 Å². The first-order valence-corrected chi connectivity index (χ1v) is 11.5. The van der Waals surface area contributed by atoms with E-state index >= 15 is 0 Å². The summed E-state index contributed by atoms with van der Waals surface area (Å²) in [5.74, 6) is -1.83. The van der Waals surface area contributed by atoms with E-state index in [1.54, 1.807) is 19.2 Å². The molecule has 1 aliphatic carbocycles. The van der Waals surface area contributed by atoms with Crippen molar-refractivity contribution in [3.05, 3.63) is 52.9 Å². The summed E-state index contributed by atoms with van der Waals surface area (Å²) in [5.41, 5.74) is 2.38. The number of carbonyl (C=O) groups is 4. The zero-order valence-corrected chi connectivity index (χ0v) is 19.7. The maximum absolute atomic E-state index is 13.0. The summed E-state index contributed by atoms with van der Waals surface area (Å²) in [6.45, 7) is 2.97. The molecule has 0 unspecified atom stereocenters. The SMILES string of the molecule is CC(C)=CC(=O)Nc1scc(-c2ccccc2)c1C(=O)OCC(=O)N(C)CC(=O)NC1CC1. The van der Waals surface area contributed by atoms with Crippen LogP contribution in [0.5, 0.6) is 0 Å². The van der Waals surface area contributed by atoms with E-state index in [0.717, 1.165) is 24.0 Å². The number of thiophene rings is 1. The van der Waals surface area contributed by atoms with Gasteiger partial charge in [0.2, 0.25) is 11.8 Å². The van der Waals surface area contributed by atoms with Crippen LogP contribution in [0.1, 0.15) is 37.0 Å². The minimum absolute atomic E-state index is 0.107. The van der Waals surface area contributed by atoms with Crippen molar-refractivity contribution >= 4 is 40.0 Å². The Labute approximate surface area is 196 Å². The zero-order chi connectivity index (χ0) is 24.0. The fraction of sp³-hybridized carbons (Fsp3) is 0.333. The molecule has 0 spiro atoms. The molecule has 0 saturated heterocycles. The summed E-state index contributed by atoms with van der Waals surface area (Å²) in [7, 11) is 1.48. The fourth-order valence-corrected chi connectivity index (χ4v) is 3.97. The zero-order valence-electron chi connectivity index (χ0n) is 18.8. The van der Waals surface area contributed by atoms with Gasteiger partial charge < -0.3 is 20.3 Å². The number of nitrogens with one attached hydrogen (secondary N) is 2. The van der Waals surface area contributed by atoms with Gasteiger partial charge in [-0.25, -0.2) is 4.79 Å². The minimum atomic E-state index is -0.730. The Morgan fingerprint density at radius 2 is 1.85 bits per heavy atom. The van der Waals surface area contributed by atoms with Crippen LogP contribution in [0.3, 0.4) is 0 Å². The van der Waals surface area contributed by atoms with Crippen molar-refractivity contribution in [1.29, 1.82) is 0 Å². The molecule has 2 N–H and O–H groups in total. The number of carbonyl (C=O) groups excluding carboxylic acids is 4. The molecule has 0 atom stereocenters. The minimum Gasteiger partial charge on any atom is -0.452 e. The molecule has 1 saturated carbocycles. The van der Waals surface area contributed by atoms with Gasteiger partial charge in [-0.15, -0.1) is 11.3 Å². The van der Waals surface area contributed by atoms with Gasteiger partial charge in [0, 0.05) is 30.1 Å². The summed E-state index contributed by atoms with van der Waals surface area (Å²) >= 11 is 1.20. The van der Waals surface area contributed by atoms with Crippen LogP contribution in [0, 0.1) is 0 Å². The number of hydrogen-bond acceptors (Lipinski definition) is 6. The highest BCUT2D eigenvalue weighted by Crippen LogP contribution is 2.36. The standard InChI is InChI=1S/C24H27N3O5S/c1-15(2)11-19(28)26-23-22(18(14-33-23)16-7-5-4-6-8-16)24(31)32-13-21(30)27(3)12-20(29)25-17-9-10-17/h4-8,11,14,17H,9-10,12-13H2,1-3H3,(H,25,29)(H,26,28). The molecular formula is C24H27N3O5S. The van der Waals surface area contributed by atoms with Crippen LogP contribution in [0.4, 0.5) is 5.00 Å². The molecule has 9 heteroatoms. The summed E-state index contributed by atoms with van der Waals surface area (Å²) in [6.07, 6.45) is 3.35. The molecule has 1 aromatic heterocycles. The molecule has 1 fully saturated rings. The predicted molar refractivity (Wildman–Crippen MR) is 127 cm³/mol. The van der Waals surface area contributed by atoms with Crippen molar-refractivity contribution in [1.82, 2.24) is 10.2 Å². The number of ether oxygens (including phenoxy) is 1. The van der Waals surface area contributed by atoms with E-state index in [-0.39, 0.29) is 30.0 Å². The lowest BCUT2D eigenvalue weighted by Gasteiger charge is -2.17. The molecule has 33 heavy (non-hydrogen) atoms. The summed E-state index contributed by atoms with van der Waals surface area (Å²) in [4.78, 5) is 50.8. The van der Waals surface area contributed by atoms with Crippen molar-refractivity contribution in [3.63, 3.8) is 0 Å². The van der Waals surface area contributed by atoms with Crippen molar-refractivity contribution in [2.75, 3.05) is 25.5 Å². The maximum atomic E-state index is 13.0. The molecule has 0 bridgehead atoms. The van der Waals surface area contributed by atoms with E-state index in [1.807, 2.05) is 30.3 Å². The van der Waals surface area contributed by atoms with E-state index in [1.165, 1.54) is 29.4 Å². The molecule has 8 nitrogen and oxygen atoms in total. The monoisotopic (exact) mass is 469 g/mol. The van der Waals surface area contributed by atoms with Gasteiger partial charge in [0.25, 0.3) is 5.91 Å². The third-order valence-corrected chi connectivity index (χ3v) is 5.71. The van der Waals surface area contributed by atoms with Crippen molar-refractivity contribution in [2.24, 2.45) is 0 Å². The van der Waals surface area contributed by atoms with Crippen molar-refractivity contribution in [3.8, 4) is 11.1 Å². The van der Waals surface area contributed by atoms with Crippen LogP contribution >= 0.6 is 11.3 Å². The Balaban J connectivity index is 1.72. The highest BCUT2D eigenvalue weighted by Gasteiger charge is 2.26. The van der Waals surface area contributed by atoms with Gasteiger partial charge in [-0.2, -0.15) is 0 Å². The first-order chi connectivity index (χ1) is 15.7. The topological polar surface area (TPSA) is 105 Å². The predicted octanol–water partition coefficient (Wildman–Crippen LogP) is 3.21. The smallest absolute Gasteiger partial charge is 0.342 e. The summed E-state index contributed by atoms with van der Waals surface area (Å²) in [6, 6.07) is 9.44. The first kappa shape index (κ1) is 24.2. The van der Waals surface area contributed by atoms with Gasteiger partial charge in [0.05, 0.1) is 6.54 Å². The highest BCUT2D eigenvalue weighted by atomic mass is 32.1. The lowest BCUT2D eigenvalue weighted by atomic mass is 10.0. The maximum Gasteiger partial charge on any atom is 0.342 e. The Morgan fingerprint density at radius 1 is 1.15 bits per heavy atom. The Hall–Kier alpha value is -3.46. The van der Waals surface area contributed by atoms with E-state index in [9.17, 15) is 19.2 Å². The number of benzene rings is 1. The van der Waals surface area contributed by atoms with Crippen LogP contribution in [-0.4, -0.2) is 54.8 Å². The molecule has 3 rings (SSSR count). The average molecular weight is 470 g/mol. The lowest BCUT2D eigenvalue weighted by Crippen LogP contribution is -2.40. The average Bonchev–Trinajstić information content (AvgIpc) is 3.48. The van der Waals surface area contributed by atoms with Crippen molar-refractivity contribution in [2.45, 2.75) is 32.7 Å². The molecule has 2 aromatic rings. The van der Waals surface area contributed by atoms with Gasteiger partial charge >= 0.3 is 5.97 Å². The van der Waals surface area contributed by atoms with Gasteiger partial charge in [-0.1, -0.05) is 35.9 Å². The van der Waals surface area contributed by atoms with Gasteiger partial charge in [-0.05, 0) is 32.3 Å². The third-order valence-electron chi connectivity index (χ3n) is 4.81. The number of anilines is 1. The molecule has 1 heterocycles. The van der Waals surface area contributed by atoms with E-state index in [0.29, 0.717) is 10.6 Å². The van der Waals surface area contributed by atoms with Gasteiger partial charge in [0.15, 0.2) is 6.61 Å². The Kier molecular flexibility index (Phi) is 8.00. The highest BCUT2D eigenvalue weighted by molar-refractivity contribution is 7.15. The summed E-state index contributed by atoms with van der Waals surface area (Å²) < 4.78 is 5.29. The van der Waals surface area contributed by atoms with Crippen LogP contribution in [-0.2, 0) is 19.1 Å². The van der Waals surface area contributed by atoms with Crippen LogP contribution in [0.15, 0.2) is 47.4 Å². The molecule has 0 aliphatic heterocycles. The van der Waals surface area contributed by atoms with E-state index < -0.39 is 18.5 Å². The summed E-state index contributed by atoms with van der Waals surface area (Å²) in [5, 5.41) is 7.64. The number of nitrogens with zero attached hydrogens (tertiary/aromatic N) is 1. The fourth-order valence-electron chi connectivity index (χ4n) is 3.01. The van der Waals surface area contributed by atoms with Crippen LogP contribution in [0.25, 0.3) is 11.1 Å². The Morgan fingerprint density at radius 3 is 2.48 bits per heavy atom. The normalized spacial score (nSPS) is 12.5. The second kappa shape index (κ2) is 10.9. The number of likely N-dealkylation sites (N-methyl/N-ethyl adjacent to an activating group) is 1. The van der Waals surface area contributed by atoms with E-state index in [2.05, 4.69) is 10.6 Å². The van der Waals surface area contributed by atoms with Gasteiger partial charge in [-0.3, -0.25) is 14.4 Å². The third kappa shape index (κ3) is 7.01. The lowest BCUT2D eigenvalue weighted by molar-refractivity contribution is -0.137. The number of amides is 3. The molecule has 3 amide bonds. The number of allylic oxidation sites excluding steroid dienone is 1. The molecular weight excluding hydrogens is 442 g/mol. The molecule has 1 aliphatic rings. The van der Waals surface area contributed by atoms with Crippen LogP contribution < -0.4 is 10.6 Å². The second-order valence-corrected chi connectivity index (χ2v) is 8.98. The molecule has 0 radical (unpaired) electrons. The first-order valence-electron chi connectivity index (χ1n) is 10.6. The Bertz CT molecular complexity index is 1070. The van der Waals surface area contributed by atoms with Crippen molar-refractivity contribution < 1.29 is 23.9 Å². The number of rotatable bonds is 9. The van der Waals surface area contributed by atoms with Crippen LogP contribution in [0.2, 0.25) is 0 Å². The largest absolute Gasteiger partial charge is 0.452 e.